The Morgan fingerprint density at radius 2 is 1.83 bits per heavy atom. The fourth-order valence-electron chi connectivity index (χ4n) is 4.67. The smallest absolute Gasteiger partial charge is 0.253 e. The molecule has 0 radical (unpaired) electrons. The van der Waals surface area contributed by atoms with Gasteiger partial charge < -0.3 is 9.62 Å². The lowest BCUT2D eigenvalue weighted by molar-refractivity contribution is 0.0762. The van der Waals surface area contributed by atoms with Crippen LogP contribution in [0.4, 0.5) is 5.69 Å². The molecule has 0 unspecified atom stereocenters. The first kappa shape index (κ1) is 23.6. The number of fused-ring (bicyclic) bond motifs is 1. The van der Waals surface area contributed by atoms with Gasteiger partial charge in [0, 0.05) is 55.6 Å². The Labute approximate surface area is 212 Å². The number of allylic oxidation sites excluding steroid dienone is 3. The van der Waals surface area contributed by atoms with Gasteiger partial charge in [0.05, 0.1) is 10.4 Å². The van der Waals surface area contributed by atoms with Gasteiger partial charge in [-0.3, -0.25) is 14.7 Å². The third-order valence-corrected chi connectivity index (χ3v) is 7.64. The Morgan fingerprint density at radius 3 is 2.66 bits per heavy atom. The van der Waals surface area contributed by atoms with Gasteiger partial charge in [-0.25, -0.2) is 0 Å². The lowest BCUT2D eigenvalue weighted by Gasteiger charge is -2.24. The third-order valence-electron chi connectivity index (χ3n) is 6.75. The predicted molar refractivity (Wildman–Crippen MR) is 146 cm³/mol. The molecule has 2 heterocycles. The van der Waals surface area contributed by atoms with E-state index in [1.807, 2.05) is 47.5 Å². The Bertz CT molecular complexity index is 1250. The fourth-order valence-corrected chi connectivity index (χ4v) is 5.45. The second-order valence-electron chi connectivity index (χ2n) is 9.37. The molecule has 5 rings (SSSR count). The third kappa shape index (κ3) is 5.95. The lowest BCUT2D eigenvalue weighted by atomic mass is 9.99. The normalized spacial score (nSPS) is 17.0. The van der Waals surface area contributed by atoms with Crippen LogP contribution in [0.2, 0.25) is 0 Å². The van der Waals surface area contributed by atoms with Crippen LogP contribution in [0.3, 0.4) is 0 Å². The van der Waals surface area contributed by atoms with Crippen LogP contribution in [0.15, 0.2) is 89.0 Å². The van der Waals surface area contributed by atoms with Gasteiger partial charge in [-0.2, -0.15) is 0 Å². The molecule has 2 aliphatic rings. The molecular formula is C29H32N4OS. The molecule has 0 atom stereocenters. The highest BCUT2D eigenvalue weighted by atomic mass is 32.2. The van der Waals surface area contributed by atoms with Gasteiger partial charge in [-0.1, -0.05) is 41.5 Å². The van der Waals surface area contributed by atoms with E-state index in [0.717, 1.165) is 72.6 Å². The van der Waals surface area contributed by atoms with E-state index in [2.05, 4.69) is 51.9 Å². The average Bonchev–Trinajstić information content (AvgIpc) is 3.14. The van der Waals surface area contributed by atoms with E-state index in [9.17, 15) is 4.79 Å². The summed E-state index contributed by atoms with van der Waals surface area (Å²) in [6, 6.07) is 18.0. The Balaban J connectivity index is 1.16. The molecule has 2 aromatic carbocycles. The Kier molecular flexibility index (Phi) is 7.50. The van der Waals surface area contributed by atoms with E-state index in [1.165, 1.54) is 17.6 Å². The second-order valence-corrected chi connectivity index (χ2v) is 10.2. The van der Waals surface area contributed by atoms with Gasteiger partial charge >= 0.3 is 0 Å². The molecule has 1 fully saturated rings. The summed E-state index contributed by atoms with van der Waals surface area (Å²) >= 11 is 1.54. The lowest BCUT2D eigenvalue weighted by Crippen LogP contribution is -2.35. The van der Waals surface area contributed by atoms with Crippen LogP contribution in [0.5, 0.6) is 0 Å². The summed E-state index contributed by atoms with van der Waals surface area (Å²) in [5.74, 6) is 0.125. The molecule has 6 heteroatoms. The number of nitrogens with zero attached hydrogens (tertiary/aromatic N) is 3. The van der Waals surface area contributed by atoms with Gasteiger partial charge in [0.2, 0.25) is 0 Å². The monoisotopic (exact) mass is 484 g/mol. The van der Waals surface area contributed by atoms with Crippen molar-refractivity contribution in [3.05, 3.63) is 89.7 Å². The first-order valence-electron chi connectivity index (χ1n) is 12.4. The number of pyridine rings is 1. The first-order chi connectivity index (χ1) is 17.2. The molecule has 1 aliphatic carbocycles. The summed E-state index contributed by atoms with van der Waals surface area (Å²) in [5.41, 5.74) is 5.67. The molecule has 0 bridgehead atoms. The highest BCUT2D eigenvalue weighted by molar-refractivity contribution is 8.00. The van der Waals surface area contributed by atoms with E-state index < -0.39 is 0 Å². The zero-order valence-electron chi connectivity index (χ0n) is 20.2. The number of anilines is 1. The molecule has 0 spiro atoms. The zero-order chi connectivity index (χ0) is 24.0. The quantitative estimate of drug-likeness (QED) is 0.424. The minimum Gasteiger partial charge on any atom is -0.337 e. The number of amides is 1. The van der Waals surface area contributed by atoms with E-state index >= 15 is 0 Å². The first-order valence-corrected chi connectivity index (χ1v) is 13.2. The predicted octanol–water partition coefficient (Wildman–Crippen LogP) is 6.17. The summed E-state index contributed by atoms with van der Waals surface area (Å²) < 4.78 is 3.39. The highest BCUT2D eigenvalue weighted by Gasteiger charge is 2.21. The number of carbonyl (C=O) groups excluding carboxylic acids is 1. The van der Waals surface area contributed by atoms with Crippen LogP contribution in [0.1, 0.15) is 36.5 Å². The van der Waals surface area contributed by atoms with Gasteiger partial charge in [0.15, 0.2) is 0 Å². The highest BCUT2D eigenvalue weighted by Crippen LogP contribution is 2.27. The van der Waals surface area contributed by atoms with Crippen molar-refractivity contribution in [3.63, 3.8) is 0 Å². The summed E-state index contributed by atoms with van der Waals surface area (Å²) in [4.78, 5) is 23.3. The van der Waals surface area contributed by atoms with Gasteiger partial charge in [0.25, 0.3) is 5.91 Å². The largest absolute Gasteiger partial charge is 0.337 e. The number of rotatable bonds is 6. The van der Waals surface area contributed by atoms with E-state index in [0.29, 0.717) is 0 Å². The zero-order valence-corrected chi connectivity index (χ0v) is 21.1. The molecule has 5 nitrogen and oxygen atoms in total. The topological polar surface area (TPSA) is 48.5 Å². The Hall–Kier alpha value is -3.09. The van der Waals surface area contributed by atoms with E-state index in [-0.39, 0.29) is 5.91 Å². The summed E-state index contributed by atoms with van der Waals surface area (Å²) in [5, 5.41) is 1.12. The molecule has 1 aliphatic heterocycles. The number of benzene rings is 2. The molecule has 1 saturated heterocycles. The minimum absolute atomic E-state index is 0.125. The van der Waals surface area contributed by atoms with Crippen LogP contribution in [0.25, 0.3) is 10.9 Å². The van der Waals surface area contributed by atoms with Crippen molar-refractivity contribution in [3.8, 4) is 0 Å². The average molecular weight is 485 g/mol. The van der Waals surface area contributed by atoms with Crippen molar-refractivity contribution in [2.45, 2.75) is 31.1 Å². The second kappa shape index (κ2) is 11.1. The van der Waals surface area contributed by atoms with Crippen LogP contribution in [-0.2, 0) is 0 Å². The molecule has 0 saturated carbocycles. The van der Waals surface area contributed by atoms with E-state index in [4.69, 9.17) is 0 Å². The number of carbonyl (C=O) groups is 1. The SMILES string of the molecule is CC1=CC=C(CN2CCCN(C(=O)c3ccc(NSc4cccc5cccnc45)cc3)CC2)CC1. The molecule has 3 aromatic rings. The van der Waals surface area contributed by atoms with Crippen molar-refractivity contribution in [2.75, 3.05) is 37.4 Å². The number of aromatic nitrogens is 1. The standard InChI is InChI=1S/C29H32N4OS/c1-22-8-10-23(11-9-22)21-32-17-4-18-33(20-19-32)29(34)25-12-14-26(15-13-25)31-35-27-7-2-5-24-6-3-16-30-28(24)27/h2-3,5-8,10,12-16,31H,4,9,11,17-21H2,1H3. The van der Waals surface area contributed by atoms with Gasteiger partial charge in [0.1, 0.15) is 0 Å². The summed E-state index contributed by atoms with van der Waals surface area (Å²) in [6.07, 6.45) is 9.72. The summed E-state index contributed by atoms with van der Waals surface area (Å²) in [6.45, 7) is 6.80. The number of para-hydroxylation sites is 1. The van der Waals surface area contributed by atoms with Crippen molar-refractivity contribution in [2.24, 2.45) is 0 Å². The molecule has 1 amide bonds. The molecule has 180 valence electrons. The maximum atomic E-state index is 13.2. The van der Waals surface area contributed by atoms with Crippen LogP contribution < -0.4 is 4.72 Å². The number of hydrogen-bond donors (Lipinski definition) is 1. The molecular weight excluding hydrogens is 452 g/mol. The van der Waals surface area contributed by atoms with Crippen molar-refractivity contribution in [1.29, 1.82) is 0 Å². The van der Waals surface area contributed by atoms with Crippen molar-refractivity contribution in [1.82, 2.24) is 14.8 Å². The van der Waals surface area contributed by atoms with Crippen molar-refractivity contribution < 1.29 is 4.79 Å². The molecule has 1 aromatic heterocycles. The van der Waals surface area contributed by atoms with Crippen LogP contribution in [0, 0.1) is 0 Å². The maximum absolute atomic E-state index is 13.2. The van der Waals surface area contributed by atoms with Gasteiger partial charge in [-0.05, 0) is 74.5 Å². The van der Waals surface area contributed by atoms with Crippen LogP contribution >= 0.6 is 11.9 Å². The number of hydrogen-bond acceptors (Lipinski definition) is 5. The van der Waals surface area contributed by atoms with Crippen LogP contribution in [-0.4, -0.2) is 53.4 Å². The van der Waals surface area contributed by atoms with Gasteiger partial charge in [-0.15, -0.1) is 0 Å². The summed E-state index contributed by atoms with van der Waals surface area (Å²) in [7, 11) is 0. The van der Waals surface area contributed by atoms with E-state index in [1.54, 1.807) is 11.9 Å². The number of nitrogens with one attached hydrogen (secondary N) is 1. The maximum Gasteiger partial charge on any atom is 0.253 e. The molecule has 1 N–H and O–H groups in total. The Morgan fingerprint density at radius 1 is 0.971 bits per heavy atom. The minimum atomic E-state index is 0.125. The molecule has 35 heavy (non-hydrogen) atoms. The van der Waals surface area contributed by atoms with Crippen molar-refractivity contribution >= 4 is 34.4 Å². The fraction of sp³-hybridized carbons (Fsp3) is 0.310.